The predicted molar refractivity (Wildman–Crippen MR) is 1.37 cm³/mol. The van der Waals surface area contributed by atoms with E-state index in [9.17, 15) is 0 Å². The molecule has 0 saturated carbocycles. The van der Waals surface area contributed by atoms with E-state index in [4.69, 9.17) is 0 Å². The molecule has 0 aliphatic carbocycles. The van der Waals surface area contributed by atoms with Gasteiger partial charge in [0.05, 0.1) is 0 Å². The van der Waals surface area contributed by atoms with Gasteiger partial charge in [-0.3, -0.25) is 0 Å². The maximum absolute atomic E-state index is 0. The number of rotatable bonds is 0. The molecule has 0 aliphatic rings. The Morgan fingerprint density at radius 3 is 0.600 bits per heavy atom. The molecule has 0 unspecified atom stereocenters. The minimum atomic E-state index is 0. The van der Waals surface area contributed by atoms with Crippen LogP contribution in [0.25, 0.3) is 0 Å². The van der Waals surface area contributed by atoms with Crippen LogP contribution in [-0.4, -0.2) is 0 Å². The largest absolute Gasteiger partial charge is 5.00 e. The van der Waals surface area contributed by atoms with E-state index in [1.54, 1.807) is 0 Å². The van der Waals surface area contributed by atoms with Gasteiger partial charge in [0.25, 0.3) is 0 Å². The first kappa shape index (κ1) is 58.8. The van der Waals surface area contributed by atoms with Crippen LogP contribution in [0.5, 0.6) is 0 Å². The molecule has 5 heavy (non-hydrogen) atoms. The van der Waals surface area contributed by atoms with Gasteiger partial charge in [0, 0.05) is 0 Å². The smallest absolute Gasteiger partial charge is 2.00 e. The number of hydrogen-bond acceptors (Lipinski definition) is 0. The van der Waals surface area contributed by atoms with Gasteiger partial charge in [-0.15, -0.1) is 0 Å². The van der Waals surface area contributed by atoms with Crippen LogP contribution < -0.4 is 0 Å². The topological polar surface area (TPSA) is 57.0 Å². The SMILES string of the molecule is [Nb+5].[O-2].[O-2].[Ta+5].[Ta+5]. The Morgan fingerprint density at radius 2 is 0.600 bits per heavy atom. The third-order valence-corrected chi connectivity index (χ3v) is 0. The predicted octanol–water partition coefficient (Wildman–Crippen LogP) is -0.245. The van der Waals surface area contributed by atoms with Gasteiger partial charge in [-0.2, -0.15) is 0 Å². The van der Waals surface area contributed by atoms with Crippen LogP contribution in [0.1, 0.15) is 0 Å². The third kappa shape index (κ3) is 23.0. The second-order valence-corrected chi connectivity index (χ2v) is 0. The summed E-state index contributed by atoms with van der Waals surface area (Å²) in [5.74, 6) is 0. The Morgan fingerprint density at radius 1 is 0.600 bits per heavy atom. The molecule has 0 saturated heterocycles. The molecule has 0 rings (SSSR count). The molecule has 0 bridgehead atoms. The van der Waals surface area contributed by atoms with Crippen LogP contribution in [0.2, 0.25) is 0 Å². The maximum Gasteiger partial charge on any atom is 5.00 e. The zero-order chi connectivity index (χ0) is 0. The van der Waals surface area contributed by atoms with Gasteiger partial charge >= 0.3 is 67.1 Å². The van der Waals surface area contributed by atoms with E-state index >= 15 is 0 Å². The van der Waals surface area contributed by atoms with Crippen molar-refractivity contribution in [2.45, 2.75) is 0 Å². The summed E-state index contributed by atoms with van der Waals surface area (Å²) in [6.45, 7) is 0. The van der Waals surface area contributed by atoms with Gasteiger partial charge in [0.2, 0.25) is 0 Å². The summed E-state index contributed by atoms with van der Waals surface area (Å²) >= 11 is 0. The van der Waals surface area contributed by atoms with Crippen molar-refractivity contribution in [2.24, 2.45) is 0 Å². The Balaban J connectivity index is 0. The molecule has 16 valence electrons. The molecule has 0 aromatic rings. The van der Waals surface area contributed by atoms with E-state index < -0.39 is 0 Å². The monoisotopic (exact) mass is 487 g/mol. The first-order valence-electron chi connectivity index (χ1n) is 0. The Kier molecular flexibility index (Phi) is 416. The van der Waals surface area contributed by atoms with Crippen molar-refractivity contribution in [3.05, 3.63) is 0 Å². The van der Waals surface area contributed by atoms with Crippen molar-refractivity contribution in [3.8, 4) is 0 Å². The van der Waals surface area contributed by atoms with Crippen LogP contribution in [-0.2, 0) is 78.1 Å². The average molecular weight is 487 g/mol. The van der Waals surface area contributed by atoms with Crippen molar-refractivity contribution < 1.29 is 78.1 Å². The minimum Gasteiger partial charge on any atom is -2.00 e. The molecule has 0 fully saturated rings. The second-order valence-electron chi connectivity index (χ2n) is 0. The van der Waals surface area contributed by atoms with Crippen LogP contribution in [0.15, 0.2) is 0 Å². The van der Waals surface area contributed by atoms with Gasteiger partial charge in [0.1, 0.15) is 0 Å². The van der Waals surface area contributed by atoms with Crippen LogP contribution in [0, 0.1) is 0 Å². The molecule has 0 amide bonds. The van der Waals surface area contributed by atoms with Crippen molar-refractivity contribution in [1.82, 2.24) is 0 Å². The van der Waals surface area contributed by atoms with E-state index in [1.807, 2.05) is 0 Å². The first-order chi connectivity index (χ1) is 0. The van der Waals surface area contributed by atoms with Crippen molar-refractivity contribution in [1.29, 1.82) is 0 Å². The molecule has 0 N–H and O–H groups in total. The van der Waals surface area contributed by atoms with E-state index in [0.717, 1.165) is 0 Å². The van der Waals surface area contributed by atoms with Crippen molar-refractivity contribution in [3.63, 3.8) is 0 Å². The summed E-state index contributed by atoms with van der Waals surface area (Å²) in [6, 6.07) is 0. The summed E-state index contributed by atoms with van der Waals surface area (Å²) in [7, 11) is 0. The number of hydrogen-bond donors (Lipinski definition) is 0. The van der Waals surface area contributed by atoms with Crippen molar-refractivity contribution in [2.75, 3.05) is 0 Å². The fraction of sp³-hybridized carbons (Fsp3) is 0. The fourth-order valence-corrected chi connectivity index (χ4v) is 0. The summed E-state index contributed by atoms with van der Waals surface area (Å²) < 4.78 is 0. The average Bonchev–Trinajstić information content (AvgIpc) is 0. The standard InChI is InChI=1S/Nb.2O.2Ta/q+5;2*-2;2*+5. The fourth-order valence-electron chi connectivity index (χ4n) is 0. The van der Waals surface area contributed by atoms with E-state index in [0.29, 0.717) is 0 Å². The Labute approximate surface area is 77.2 Å². The molecule has 0 heterocycles. The third-order valence-electron chi connectivity index (χ3n) is 0. The van der Waals surface area contributed by atoms with Gasteiger partial charge in [-0.1, -0.05) is 0 Å². The molecule has 0 spiro atoms. The summed E-state index contributed by atoms with van der Waals surface area (Å²) in [6.07, 6.45) is 0. The van der Waals surface area contributed by atoms with Gasteiger partial charge in [-0.25, -0.2) is 0 Å². The molecule has 0 radical (unpaired) electrons. The van der Waals surface area contributed by atoms with Gasteiger partial charge in [0.15, 0.2) is 0 Å². The molecule has 0 aliphatic heterocycles. The van der Waals surface area contributed by atoms with Crippen molar-refractivity contribution >= 4 is 0 Å². The van der Waals surface area contributed by atoms with E-state index in [-0.39, 0.29) is 78.1 Å². The molecule has 0 aromatic carbocycles. The Hall–Kier alpha value is 2.14. The van der Waals surface area contributed by atoms with Gasteiger partial charge < -0.3 is 11.0 Å². The Bertz CT molecular complexity index is 7.61. The first-order valence-corrected chi connectivity index (χ1v) is 0. The van der Waals surface area contributed by atoms with Crippen LogP contribution in [0.3, 0.4) is 0 Å². The zero-order valence-corrected chi connectivity index (χ0v) is 10.8. The van der Waals surface area contributed by atoms with E-state index in [2.05, 4.69) is 0 Å². The summed E-state index contributed by atoms with van der Waals surface area (Å²) in [5.41, 5.74) is 0. The molecule has 2 nitrogen and oxygen atoms in total. The summed E-state index contributed by atoms with van der Waals surface area (Å²) in [5, 5.41) is 0. The molecule has 0 aromatic heterocycles. The molecule has 0 atom stereocenters. The summed E-state index contributed by atoms with van der Waals surface area (Å²) in [4.78, 5) is 0. The quantitative estimate of drug-likeness (QED) is 0.424. The second kappa shape index (κ2) is 35.4. The van der Waals surface area contributed by atoms with E-state index in [1.165, 1.54) is 0 Å². The van der Waals surface area contributed by atoms with Gasteiger partial charge in [-0.05, 0) is 0 Å². The normalized spacial score (nSPS) is 0. The molecular weight excluding hydrogens is 487 g/mol. The zero-order valence-electron chi connectivity index (χ0n) is 2.16. The molecular formula is NbO2Ta2+11. The molecule has 5 heteroatoms. The maximum atomic E-state index is 0. The van der Waals surface area contributed by atoms with Crippen LogP contribution >= 0.6 is 0 Å². The van der Waals surface area contributed by atoms with Crippen LogP contribution in [0.4, 0.5) is 0 Å². The minimum absolute atomic E-state index is 0.